The molecule has 1 aliphatic heterocycles. The van der Waals surface area contributed by atoms with Gasteiger partial charge in [-0.05, 0) is 5.56 Å². The van der Waals surface area contributed by atoms with Gasteiger partial charge in [-0.3, -0.25) is 4.90 Å². The Kier molecular flexibility index (Phi) is 5.61. The maximum atomic E-state index is 9.96. The molecule has 0 aliphatic carbocycles. The largest absolute Gasteiger partial charge is 0.387 e. The summed E-state index contributed by atoms with van der Waals surface area (Å²) in [6.07, 6.45) is -0.420. The second kappa shape index (κ2) is 7.48. The van der Waals surface area contributed by atoms with Gasteiger partial charge in [0.05, 0.1) is 19.3 Å². The van der Waals surface area contributed by atoms with E-state index in [0.717, 1.165) is 45.0 Å². The van der Waals surface area contributed by atoms with E-state index in [2.05, 4.69) is 10.2 Å². The van der Waals surface area contributed by atoms with Crippen molar-refractivity contribution in [3.63, 3.8) is 0 Å². The number of ether oxygens (including phenoxy) is 1. The maximum absolute atomic E-state index is 9.96. The van der Waals surface area contributed by atoms with Gasteiger partial charge in [-0.2, -0.15) is 0 Å². The van der Waals surface area contributed by atoms with E-state index in [1.165, 1.54) is 0 Å². The number of hydrogen-bond donors (Lipinski definition) is 2. The van der Waals surface area contributed by atoms with Crippen molar-refractivity contribution < 1.29 is 9.84 Å². The van der Waals surface area contributed by atoms with Crippen molar-refractivity contribution in [2.45, 2.75) is 6.10 Å². The molecule has 0 bridgehead atoms. The van der Waals surface area contributed by atoms with E-state index < -0.39 is 6.10 Å². The van der Waals surface area contributed by atoms with Gasteiger partial charge in [0, 0.05) is 32.7 Å². The zero-order valence-corrected chi connectivity index (χ0v) is 10.7. The molecule has 2 N–H and O–H groups in total. The van der Waals surface area contributed by atoms with Gasteiger partial charge in [0.15, 0.2) is 0 Å². The van der Waals surface area contributed by atoms with Crippen LogP contribution in [0.3, 0.4) is 0 Å². The Hall–Kier alpha value is -0.940. The molecule has 4 heteroatoms. The van der Waals surface area contributed by atoms with E-state index in [9.17, 15) is 5.11 Å². The molecule has 2 rings (SSSR count). The average molecular weight is 250 g/mol. The SMILES string of the molecule is OC(CNCCN1CCOCC1)c1ccccc1. The quantitative estimate of drug-likeness (QED) is 0.727. The minimum absolute atomic E-state index is 0.420. The lowest BCUT2D eigenvalue weighted by Crippen LogP contribution is -2.40. The highest BCUT2D eigenvalue weighted by Crippen LogP contribution is 2.10. The molecule has 1 saturated heterocycles. The van der Waals surface area contributed by atoms with Crippen molar-refractivity contribution in [3.8, 4) is 0 Å². The summed E-state index contributed by atoms with van der Waals surface area (Å²) in [5.41, 5.74) is 0.969. The highest BCUT2D eigenvalue weighted by atomic mass is 16.5. The van der Waals surface area contributed by atoms with Crippen LogP contribution in [0.2, 0.25) is 0 Å². The number of aliphatic hydroxyl groups is 1. The zero-order valence-electron chi connectivity index (χ0n) is 10.7. The monoisotopic (exact) mass is 250 g/mol. The molecule has 1 atom stereocenters. The molecule has 1 aromatic carbocycles. The van der Waals surface area contributed by atoms with Crippen LogP contribution in [-0.2, 0) is 4.74 Å². The molecule has 1 heterocycles. The summed E-state index contributed by atoms with van der Waals surface area (Å²) in [7, 11) is 0. The summed E-state index contributed by atoms with van der Waals surface area (Å²) in [5, 5.41) is 13.3. The lowest BCUT2D eigenvalue weighted by Gasteiger charge is -2.26. The van der Waals surface area contributed by atoms with E-state index in [1.807, 2.05) is 30.3 Å². The fourth-order valence-electron chi connectivity index (χ4n) is 2.09. The topological polar surface area (TPSA) is 44.7 Å². The van der Waals surface area contributed by atoms with Crippen LogP contribution in [0.5, 0.6) is 0 Å². The Balaban J connectivity index is 1.60. The first-order valence-electron chi connectivity index (χ1n) is 6.60. The first kappa shape index (κ1) is 13.5. The van der Waals surface area contributed by atoms with Crippen molar-refractivity contribution in [2.75, 3.05) is 45.9 Å². The second-order valence-electron chi connectivity index (χ2n) is 4.58. The molecule has 1 aromatic rings. The molecule has 0 radical (unpaired) electrons. The van der Waals surface area contributed by atoms with E-state index in [-0.39, 0.29) is 0 Å². The van der Waals surface area contributed by atoms with E-state index in [1.54, 1.807) is 0 Å². The number of morpholine rings is 1. The number of nitrogens with zero attached hydrogens (tertiary/aromatic N) is 1. The van der Waals surface area contributed by atoms with Gasteiger partial charge in [-0.25, -0.2) is 0 Å². The fourth-order valence-corrected chi connectivity index (χ4v) is 2.09. The number of hydrogen-bond acceptors (Lipinski definition) is 4. The molecule has 1 fully saturated rings. The van der Waals surface area contributed by atoms with Crippen LogP contribution in [0.4, 0.5) is 0 Å². The van der Waals surface area contributed by atoms with Crippen molar-refractivity contribution in [1.29, 1.82) is 0 Å². The molecule has 100 valence electrons. The van der Waals surface area contributed by atoms with Gasteiger partial charge in [0.1, 0.15) is 0 Å². The third kappa shape index (κ3) is 4.38. The van der Waals surface area contributed by atoms with Gasteiger partial charge < -0.3 is 15.2 Å². The number of benzene rings is 1. The Morgan fingerprint density at radius 3 is 2.67 bits per heavy atom. The summed E-state index contributed by atoms with van der Waals surface area (Å²) < 4.78 is 5.30. The van der Waals surface area contributed by atoms with Crippen LogP contribution in [0.1, 0.15) is 11.7 Å². The van der Waals surface area contributed by atoms with E-state index in [0.29, 0.717) is 6.54 Å². The van der Waals surface area contributed by atoms with E-state index >= 15 is 0 Å². The van der Waals surface area contributed by atoms with Gasteiger partial charge in [0.25, 0.3) is 0 Å². The third-order valence-corrected chi connectivity index (χ3v) is 3.23. The summed E-state index contributed by atoms with van der Waals surface area (Å²) in [5.74, 6) is 0. The summed E-state index contributed by atoms with van der Waals surface area (Å²) in [4.78, 5) is 2.38. The van der Waals surface area contributed by atoms with Crippen molar-refractivity contribution in [2.24, 2.45) is 0 Å². The third-order valence-electron chi connectivity index (χ3n) is 3.23. The Morgan fingerprint density at radius 2 is 1.94 bits per heavy atom. The highest BCUT2D eigenvalue weighted by Gasteiger charge is 2.10. The molecule has 1 unspecified atom stereocenters. The van der Waals surface area contributed by atoms with Crippen LogP contribution in [-0.4, -0.2) is 55.9 Å². The first-order valence-corrected chi connectivity index (χ1v) is 6.60. The lowest BCUT2D eigenvalue weighted by atomic mass is 10.1. The predicted octanol–water partition coefficient (Wildman–Crippen LogP) is 0.642. The van der Waals surface area contributed by atoms with Gasteiger partial charge in [-0.1, -0.05) is 30.3 Å². The number of rotatable bonds is 6. The Bertz CT molecular complexity index is 326. The minimum Gasteiger partial charge on any atom is -0.387 e. The molecule has 1 aliphatic rings. The molecular formula is C14H22N2O2. The van der Waals surface area contributed by atoms with Crippen molar-refractivity contribution in [3.05, 3.63) is 35.9 Å². The minimum atomic E-state index is -0.420. The van der Waals surface area contributed by atoms with Gasteiger partial charge in [-0.15, -0.1) is 0 Å². The van der Waals surface area contributed by atoms with Crippen LogP contribution in [0.25, 0.3) is 0 Å². The summed E-state index contributed by atoms with van der Waals surface area (Å²) >= 11 is 0. The standard InChI is InChI=1S/C14H22N2O2/c17-14(13-4-2-1-3-5-13)12-15-6-7-16-8-10-18-11-9-16/h1-5,14-15,17H,6-12H2. The van der Waals surface area contributed by atoms with Gasteiger partial charge >= 0.3 is 0 Å². The smallest absolute Gasteiger partial charge is 0.0914 e. The van der Waals surface area contributed by atoms with Gasteiger partial charge in [0.2, 0.25) is 0 Å². The fraction of sp³-hybridized carbons (Fsp3) is 0.571. The molecule has 18 heavy (non-hydrogen) atoms. The zero-order chi connectivity index (χ0) is 12.6. The van der Waals surface area contributed by atoms with Crippen molar-refractivity contribution in [1.82, 2.24) is 10.2 Å². The maximum Gasteiger partial charge on any atom is 0.0914 e. The molecular weight excluding hydrogens is 228 g/mol. The van der Waals surface area contributed by atoms with E-state index in [4.69, 9.17) is 4.74 Å². The molecule has 0 spiro atoms. The lowest BCUT2D eigenvalue weighted by molar-refractivity contribution is 0.0380. The second-order valence-corrected chi connectivity index (χ2v) is 4.58. The predicted molar refractivity (Wildman–Crippen MR) is 71.5 cm³/mol. The molecule has 0 amide bonds. The van der Waals surface area contributed by atoms with Crippen molar-refractivity contribution >= 4 is 0 Å². The van der Waals surface area contributed by atoms with Crippen LogP contribution >= 0.6 is 0 Å². The normalized spacial score (nSPS) is 18.7. The Labute approximate surface area is 109 Å². The summed E-state index contributed by atoms with van der Waals surface area (Å²) in [6.45, 7) is 6.24. The highest BCUT2D eigenvalue weighted by molar-refractivity contribution is 5.17. The van der Waals surface area contributed by atoms with Crippen LogP contribution in [0.15, 0.2) is 30.3 Å². The van der Waals surface area contributed by atoms with Crippen LogP contribution in [0, 0.1) is 0 Å². The molecule has 0 aromatic heterocycles. The van der Waals surface area contributed by atoms with Crippen LogP contribution < -0.4 is 5.32 Å². The number of nitrogens with one attached hydrogen (secondary N) is 1. The molecule has 4 nitrogen and oxygen atoms in total. The molecule has 0 saturated carbocycles. The number of aliphatic hydroxyl groups excluding tert-OH is 1. The Morgan fingerprint density at radius 1 is 1.22 bits per heavy atom. The summed E-state index contributed by atoms with van der Waals surface area (Å²) in [6, 6.07) is 9.77. The first-order chi connectivity index (χ1) is 8.86. The average Bonchev–Trinajstić information content (AvgIpc) is 2.45.